The highest BCUT2D eigenvalue weighted by Crippen LogP contribution is 2.15. The van der Waals surface area contributed by atoms with Crippen molar-refractivity contribution < 1.29 is 14.3 Å². The number of rotatable bonds is 5. The van der Waals surface area contributed by atoms with Crippen LogP contribution in [0.5, 0.6) is 0 Å². The van der Waals surface area contributed by atoms with Gasteiger partial charge in [-0.2, -0.15) is 5.10 Å². The van der Waals surface area contributed by atoms with Crippen LogP contribution in [0.25, 0.3) is 0 Å². The van der Waals surface area contributed by atoms with Gasteiger partial charge in [-0.15, -0.1) is 0 Å². The molecule has 2 rings (SSSR count). The molecule has 1 heterocycles. The number of hydrogen-bond acceptors (Lipinski definition) is 3. The van der Waals surface area contributed by atoms with E-state index in [0.717, 1.165) is 5.56 Å². The monoisotopic (exact) mass is 297 g/mol. The minimum atomic E-state index is -0.372. The molecule has 0 saturated carbocycles. The Hall–Kier alpha value is -1.92. The van der Waals surface area contributed by atoms with Crippen molar-refractivity contribution in [3.05, 3.63) is 52.6 Å². The molecular weight excluding hydrogens is 285 g/mol. The Bertz CT molecular complexity index is 598. The van der Waals surface area contributed by atoms with E-state index < -0.39 is 0 Å². The van der Waals surface area contributed by atoms with Gasteiger partial charge in [0.15, 0.2) is 0 Å². The number of hydrogen-bond donors (Lipinski definition) is 2. The SMILES string of the molecule is O=C(NCc1ccc(F)cc1)c1cnn(CCO)c1Cl. The molecule has 0 spiro atoms. The second-order valence-corrected chi connectivity index (χ2v) is 4.46. The maximum Gasteiger partial charge on any atom is 0.256 e. The molecule has 0 fully saturated rings. The lowest BCUT2D eigenvalue weighted by atomic mass is 10.2. The summed E-state index contributed by atoms with van der Waals surface area (Å²) in [5, 5.41) is 15.6. The van der Waals surface area contributed by atoms with Gasteiger partial charge in [0.1, 0.15) is 11.0 Å². The number of aliphatic hydroxyl groups excluding tert-OH is 1. The van der Waals surface area contributed by atoms with Crippen LogP contribution < -0.4 is 5.32 Å². The Morgan fingerprint density at radius 2 is 2.10 bits per heavy atom. The number of halogens is 2. The third kappa shape index (κ3) is 3.34. The molecule has 0 saturated heterocycles. The number of nitrogens with one attached hydrogen (secondary N) is 1. The molecule has 0 aliphatic rings. The van der Waals surface area contributed by atoms with Crippen molar-refractivity contribution >= 4 is 17.5 Å². The zero-order chi connectivity index (χ0) is 14.5. The van der Waals surface area contributed by atoms with Gasteiger partial charge in [-0.25, -0.2) is 4.39 Å². The average Bonchev–Trinajstić information content (AvgIpc) is 2.80. The van der Waals surface area contributed by atoms with Gasteiger partial charge in [0, 0.05) is 6.54 Å². The van der Waals surface area contributed by atoms with Crippen molar-refractivity contribution in [1.82, 2.24) is 15.1 Å². The van der Waals surface area contributed by atoms with Crippen molar-refractivity contribution in [2.24, 2.45) is 0 Å². The molecule has 2 aromatic rings. The first-order valence-corrected chi connectivity index (χ1v) is 6.34. The molecule has 0 aliphatic heterocycles. The van der Waals surface area contributed by atoms with Crippen LogP contribution in [0.15, 0.2) is 30.5 Å². The van der Waals surface area contributed by atoms with Crippen molar-refractivity contribution in [3.63, 3.8) is 0 Å². The first kappa shape index (κ1) is 14.5. The summed E-state index contributed by atoms with van der Waals surface area (Å²) < 4.78 is 14.1. The molecule has 0 unspecified atom stereocenters. The van der Waals surface area contributed by atoms with E-state index in [1.54, 1.807) is 12.1 Å². The number of aliphatic hydroxyl groups is 1. The van der Waals surface area contributed by atoms with Crippen LogP contribution in [-0.2, 0) is 13.1 Å². The second-order valence-electron chi connectivity index (χ2n) is 4.10. The van der Waals surface area contributed by atoms with Crippen LogP contribution >= 0.6 is 11.6 Å². The summed E-state index contributed by atoms with van der Waals surface area (Å²) in [6, 6.07) is 5.83. The third-order valence-electron chi connectivity index (χ3n) is 2.70. The van der Waals surface area contributed by atoms with Gasteiger partial charge in [-0.3, -0.25) is 9.48 Å². The molecule has 0 atom stereocenters. The van der Waals surface area contributed by atoms with E-state index in [1.807, 2.05) is 0 Å². The van der Waals surface area contributed by atoms with Crippen LogP contribution in [-0.4, -0.2) is 27.4 Å². The molecule has 1 amide bonds. The Morgan fingerprint density at radius 3 is 2.75 bits per heavy atom. The smallest absolute Gasteiger partial charge is 0.256 e. The Morgan fingerprint density at radius 1 is 1.40 bits per heavy atom. The normalized spacial score (nSPS) is 10.6. The topological polar surface area (TPSA) is 67.2 Å². The molecule has 106 valence electrons. The Kier molecular flexibility index (Phi) is 4.70. The van der Waals surface area contributed by atoms with Gasteiger partial charge < -0.3 is 10.4 Å². The summed E-state index contributed by atoms with van der Waals surface area (Å²) in [5.74, 6) is -0.697. The van der Waals surface area contributed by atoms with Gasteiger partial charge in [0.05, 0.1) is 24.9 Å². The largest absolute Gasteiger partial charge is 0.394 e. The number of carbonyl (C=O) groups excluding carboxylic acids is 1. The van der Waals surface area contributed by atoms with Crippen molar-refractivity contribution in [2.75, 3.05) is 6.61 Å². The van der Waals surface area contributed by atoms with E-state index in [9.17, 15) is 9.18 Å². The molecule has 1 aromatic heterocycles. The minimum absolute atomic E-state index is 0.113. The fraction of sp³-hybridized carbons (Fsp3) is 0.231. The number of amides is 1. The van der Waals surface area contributed by atoms with Crippen LogP contribution in [0.2, 0.25) is 5.15 Å². The maximum absolute atomic E-state index is 12.7. The number of aromatic nitrogens is 2. The zero-order valence-electron chi connectivity index (χ0n) is 10.5. The average molecular weight is 298 g/mol. The van der Waals surface area contributed by atoms with Crippen LogP contribution in [0.4, 0.5) is 4.39 Å². The summed E-state index contributed by atoms with van der Waals surface area (Å²) in [6.07, 6.45) is 1.35. The van der Waals surface area contributed by atoms with E-state index in [1.165, 1.54) is 23.0 Å². The molecule has 0 bridgehead atoms. The van der Waals surface area contributed by atoms with Gasteiger partial charge in [-0.1, -0.05) is 23.7 Å². The Labute approximate surface area is 120 Å². The van der Waals surface area contributed by atoms with Gasteiger partial charge >= 0.3 is 0 Å². The molecule has 5 nitrogen and oxygen atoms in total. The third-order valence-corrected chi connectivity index (χ3v) is 3.10. The lowest BCUT2D eigenvalue weighted by Crippen LogP contribution is -2.22. The molecule has 2 N–H and O–H groups in total. The van der Waals surface area contributed by atoms with E-state index in [0.29, 0.717) is 0 Å². The van der Waals surface area contributed by atoms with Gasteiger partial charge in [0.25, 0.3) is 5.91 Å². The number of nitrogens with zero attached hydrogens (tertiary/aromatic N) is 2. The van der Waals surface area contributed by atoms with Crippen LogP contribution in [0.1, 0.15) is 15.9 Å². The number of benzene rings is 1. The molecule has 7 heteroatoms. The maximum atomic E-state index is 12.7. The first-order valence-electron chi connectivity index (χ1n) is 5.96. The molecule has 20 heavy (non-hydrogen) atoms. The summed E-state index contributed by atoms with van der Waals surface area (Å²) in [5.41, 5.74) is 1.01. The highest BCUT2D eigenvalue weighted by Gasteiger charge is 2.15. The fourth-order valence-corrected chi connectivity index (χ4v) is 1.92. The first-order chi connectivity index (χ1) is 9.61. The zero-order valence-corrected chi connectivity index (χ0v) is 11.3. The lowest BCUT2D eigenvalue weighted by molar-refractivity contribution is 0.0951. The van der Waals surface area contributed by atoms with E-state index in [-0.39, 0.29) is 42.1 Å². The lowest BCUT2D eigenvalue weighted by Gasteiger charge is -2.05. The van der Waals surface area contributed by atoms with Gasteiger partial charge in [-0.05, 0) is 17.7 Å². The van der Waals surface area contributed by atoms with Crippen LogP contribution in [0, 0.1) is 5.82 Å². The summed E-state index contributed by atoms with van der Waals surface area (Å²) in [7, 11) is 0. The Balaban J connectivity index is 1.99. The quantitative estimate of drug-likeness (QED) is 0.881. The predicted octanol–water partition coefficient (Wildman–Crippen LogP) is 1.60. The highest BCUT2D eigenvalue weighted by atomic mass is 35.5. The molecular formula is C13H13ClFN3O2. The fourth-order valence-electron chi connectivity index (χ4n) is 1.65. The van der Waals surface area contributed by atoms with E-state index in [4.69, 9.17) is 16.7 Å². The predicted molar refractivity (Wildman–Crippen MR) is 71.9 cm³/mol. The highest BCUT2D eigenvalue weighted by molar-refractivity contribution is 6.32. The molecule has 1 aromatic carbocycles. The van der Waals surface area contributed by atoms with Crippen molar-refractivity contribution in [3.8, 4) is 0 Å². The van der Waals surface area contributed by atoms with Crippen molar-refractivity contribution in [1.29, 1.82) is 0 Å². The van der Waals surface area contributed by atoms with Crippen molar-refractivity contribution in [2.45, 2.75) is 13.1 Å². The van der Waals surface area contributed by atoms with E-state index >= 15 is 0 Å². The summed E-state index contributed by atoms with van der Waals surface area (Å²) in [6.45, 7) is 0.378. The minimum Gasteiger partial charge on any atom is -0.394 e. The molecule has 0 aliphatic carbocycles. The summed E-state index contributed by atoms with van der Waals surface area (Å²) in [4.78, 5) is 11.9. The van der Waals surface area contributed by atoms with E-state index in [2.05, 4.69) is 10.4 Å². The number of carbonyl (C=O) groups is 1. The van der Waals surface area contributed by atoms with Crippen LogP contribution in [0.3, 0.4) is 0 Å². The summed E-state index contributed by atoms with van der Waals surface area (Å²) >= 11 is 5.98. The second kappa shape index (κ2) is 6.49. The molecule has 0 radical (unpaired) electrons. The van der Waals surface area contributed by atoms with Gasteiger partial charge in [0.2, 0.25) is 0 Å². The standard InChI is InChI=1S/C13H13ClFN3O2/c14-12-11(8-17-18(12)5-6-19)13(20)16-7-9-1-3-10(15)4-2-9/h1-4,8,19H,5-7H2,(H,16,20).